The van der Waals surface area contributed by atoms with Crippen molar-refractivity contribution in [2.45, 2.75) is 19.9 Å². The van der Waals surface area contributed by atoms with Crippen LogP contribution < -0.4 is 10.1 Å². The SMILES string of the molecule is CCOc1ncccc1NC(C)c1ccc(F)cc1. The smallest absolute Gasteiger partial charge is 0.237 e. The zero-order chi connectivity index (χ0) is 13.7. The van der Waals surface area contributed by atoms with Crippen molar-refractivity contribution in [2.75, 3.05) is 11.9 Å². The Bertz CT molecular complexity index is 528. The normalized spacial score (nSPS) is 11.9. The number of rotatable bonds is 5. The molecule has 3 nitrogen and oxygen atoms in total. The summed E-state index contributed by atoms with van der Waals surface area (Å²) in [6.07, 6.45) is 1.69. The first-order valence-electron chi connectivity index (χ1n) is 6.30. The van der Waals surface area contributed by atoms with Crippen molar-refractivity contribution in [3.8, 4) is 5.88 Å². The maximum absolute atomic E-state index is 12.9. The number of ether oxygens (including phenoxy) is 1. The van der Waals surface area contributed by atoms with Crippen LogP contribution in [0.2, 0.25) is 0 Å². The van der Waals surface area contributed by atoms with Gasteiger partial charge in [0.15, 0.2) is 0 Å². The average Bonchev–Trinajstić information content (AvgIpc) is 2.42. The third kappa shape index (κ3) is 3.44. The van der Waals surface area contributed by atoms with Crippen molar-refractivity contribution in [3.05, 3.63) is 54.0 Å². The molecule has 1 N–H and O–H groups in total. The topological polar surface area (TPSA) is 34.1 Å². The summed E-state index contributed by atoms with van der Waals surface area (Å²) in [6, 6.07) is 10.3. The van der Waals surface area contributed by atoms with Gasteiger partial charge in [-0.25, -0.2) is 9.37 Å². The molecule has 1 atom stereocenters. The van der Waals surface area contributed by atoms with Gasteiger partial charge in [0.05, 0.1) is 12.3 Å². The Labute approximate surface area is 112 Å². The molecule has 2 aromatic rings. The Morgan fingerprint density at radius 1 is 1.26 bits per heavy atom. The van der Waals surface area contributed by atoms with Crippen molar-refractivity contribution in [1.82, 2.24) is 4.98 Å². The second-order valence-corrected chi connectivity index (χ2v) is 4.21. The summed E-state index contributed by atoms with van der Waals surface area (Å²) in [5.41, 5.74) is 1.84. The van der Waals surface area contributed by atoms with Gasteiger partial charge in [0.1, 0.15) is 5.82 Å². The lowest BCUT2D eigenvalue weighted by Crippen LogP contribution is -2.09. The fourth-order valence-corrected chi connectivity index (χ4v) is 1.82. The van der Waals surface area contributed by atoms with E-state index in [0.29, 0.717) is 12.5 Å². The van der Waals surface area contributed by atoms with Crippen LogP contribution in [-0.4, -0.2) is 11.6 Å². The van der Waals surface area contributed by atoms with Gasteiger partial charge < -0.3 is 10.1 Å². The largest absolute Gasteiger partial charge is 0.476 e. The van der Waals surface area contributed by atoms with Gasteiger partial charge in [-0.15, -0.1) is 0 Å². The Morgan fingerprint density at radius 3 is 2.68 bits per heavy atom. The van der Waals surface area contributed by atoms with Gasteiger partial charge >= 0.3 is 0 Å². The van der Waals surface area contributed by atoms with E-state index in [-0.39, 0.29) is 11.9 Å². The van der Waals surface area contributed by atoms with Crippen LogP contribution in [0.15, 0.2) is 42.6 Å². The number of pyridine rings is 1. The summed E-state index contributed by atoms with van der Waals surface area (Å²) < 4.78 is 18.4. The van der Waals surface area contributed by atoms with E-state index in [4.69, 9.17) is 4.74 Å². The van der Waals surface area contributed by atoms with Gasteiger partial charge in [0.2, 0.25) is 5.88 Å². The lowest BCUT2D eigenvalue weighted by Gasteiger charge is -2.17. The van der Waals surface area contributed by atoms with Gasteiger partial charge in [-0.2, -0.15) is 0 Å². The molecule has 1 aromatic carbocycles. The summed E-state index contributed by atoms with van der Waals surface area (Å²) in [6.45, 7) is 4.49. The Kier molecular flexibility index (Phi) is 4.34. The predicted octanol–water partition coefficient (Wildman–Crippen LogP) is 3.79. The molecule has 100 valence electrons. The van der Waals surface area contributed by atoms with Crippen LogP contribution in [0.1, 0.15) is 25.5 Å². The van der Waals surface area contributed by atoms with Crippen LogP contribution in [0.3, 0.4) is 0 Å². The Morgan fingerprint density at radius 2 is 2.00 bits per heavy atom. The highest BCUT2D eigenvalue weighted by atomic mass is 19.1. The third-order valence-corrected chi connectivity index (χ3v) is 2.79. The minimum atomic E-state index is -0.229. The molecule has 0 bridgehead atoms. The number of nitrogens with one attached hydrogen (secondary N) is 1. The van der Waals surface area contributed by atoms with Crippen molar-refractivity contribution in [1.29, 1.82) is 0 Å². The number of anilines is 1. The van der Waals surface area contributed by atoms with Crippen LogP contribution in [0.25, 0.3) is 0 Å². The molecule has 19 heavy (non-hydrogen) atoms. The van der Waals surface area contributed by atoms with E-state index < -0.39 is 0 Å². The number of halogens is 1. The molecule has 2 rings (SSSR count). The van der Waals surface area contributed by atoms with Crippen LogP contribution in [0.4, 0.5) is 10.1 Å². The molecule has 0 spiro atoms. The monoisotopic (exact) mass is 260 g/mol. The van der Waals surface area contributed by atoms with E-state index in [0.717, 1.165) is 11.3 Å². The van der Waals surface area contributed by atoms with Crippen LogP contribution >= 0.6 is 0 Å². The van der Waals surface area contributed by atoms with E-state index in [1.807, 2.05) is 26.0 Å². The molecule has 1 aromatic heterocycles. The highest BCUT2D eigenvalue weighted by Crippen LogP contribution is 2.25. The fourth-order valence-electron chi connectivity index (χ4n) is 1.82. The Hall–Kier alpha value is -2.10. The standard InChI is InChI=1S/C15H17FN2O/c1-3-19-15-14(5-4-10-17-15)18-11(2)12-6-8-13(16)9-7-12/h4-11,18H,3H2,1-2H3. The van der Waals surface area contributed by atoms with Crippen molar-refractivity contribution in [3.63, 3.8) is 0 Å². The molecule has 0 aliphatic heterocycles. The van der Waals surface area contributed by atoms with Gasteiger partial charge in [-0.05, 0) is 43.7 Å². The number of hydrogen-bond donors (Lipinski definition) is 1. The molecule has 4 heteroatoms. The van der Waals surface area contributed by atoms with Crippen LogP contribution in [-0.2, 0) is 0 Å². The van der Waals surface area contributed by atoms with Crippen LogP contribution in [0.5, 0.6) is 5.88 Å². The van der Waals surface area contributed by atoms with Crippen molar-refractivity contribution < 1.29 is 9.13 Å². The number of benzene rings is 1. The second-order valence-electron chi connectivity index (χ2n) is 4.21. The van der Waals surface area contributed by atoms with Crippen LogP contribution in [0, 0.1) is 5.82 Å². The predicted molar refractivity (Wildman–Crippen MR) is 73.8 cm³/mol. The second kappa shape index (κ2) is 6.18. The zero-order valence-electron chi connectivity index (χ0n) is 11.1. The Balaban J connectivity index is 2.14. The van der Waals surface area contributed by atoms with Gasteiger partial charge in [0.25, 0.3) is 0 Å². The maximum Gasteiger partial charge on any atom is 0.237 e. The molecule has 0 amide bonds. The highest BCUT2D eigenvalue weighted by molar-refractivity contribution is 5.53. The zero-order valence-corrected chi connectivity index (χ0v) is 11.1. The molecule has 0 aliphatic rings. The summed E-state index contributed by atoms with van der Waals surface area (Å²) in [5.74, 6) is 0.353. The lowest BCUT2D eigenvalue weighted by molar-refractivity contribution is 0.328. The fraction of sp³-hybridized carbons (Fsp3) is 0.267. The van der Waals surface area contributed by atoms with Gasteiger partial charge in [-0.1, -0.05) is 12.1 Å². The molecule has 0 saturated heterocycles. The molecule has 0 saturated carbocycles. The minimum absolute atomic E-state index is 0.0454. The van der Waals surface area contributed by atoms with E-state index in [1.165, 1.54) is 12.1 Å². The third-order valence-electron chi connectivity index (χ3n) is 2.79. The molecule has 0 radical (unpaired) electrons. The molecule has 1 heterocycles. The van der Waals surface area contributed by atoms with E-state index in [1.54, 1.807) is 18.3 Å². The summed E-state index contributed by atoms with van der Waals surface area (Å²) >= 11 is 0. The van der Waals surface area contributed by atoms with Crippen molar-refractivity contribution >= 4 is 5.69 Å². The first-order chi connectivity index (χ1) is 9.20. The molecule has 1 unspecified atom stereocenters. The quantitative estimate of drug-likeness (QED) is 0.888. The summed E-state index contributed by atoms with van der Waals surface area (Å²) in [7, 11) is 0. The average molecular weight is 260 g/mol. The lowest BCUT2D eigenvalue weighted by atomic mass is 10.1. The number of hydrogen-bond acceptors (Lipinski definition) is 3. The maximum atomic E-state index is 12.9. The molecular weight excluding hydrogens is 243 g/mol. The minimum Gasteiger partial charge on any atom is -0.476 e. The van der Waals surface area contributed by atoms with E-state index in [9.17, 15) is 4.39 Å². The molecular formula is C15H17FN2O. The van der Waals surface area contributed by atoms with Gasteiger partial charge in [0, 0.05) is 12.2 Å². The molecule has 0 aliphatic carbocycles. The molecule has 0 fully saturated rings. The first-order valence-corrected chi connectivity index (χ1v) is 6.30. The number of aromatic nitrogens is 1. The van der Waals surface area contributed by atoms with Gasteiger partial charge in [-0.3, -0.25) is 0 Å². The van der Waals surface area contributed by atoms with E-state index in [2.05, 4.69) is 10.3 Å². The number of nitrogens with zero attached hydrogens (tertiary/aromatic N) is 1. The highest BCUT2D eigenvalue weighted by Gasteiger charge is 2.09. The first kappa shape index (κ1) is 13.3. The van der Waals surface area contributed by atoms with Crippen molar-refractivity contribution in [2.24, 2.45) is 0 Å². The summed E-state index contributed by atoms with van der Waals surface area (Å²) in [5, 5.41) is 3.32. The van der Waals surface area contributed by atoms with E-state index >= 15 is 0 Å². The summed E-state index contributed by atoms with van der Waals surface area (Å²) in [4.78, 5) is 4.18.